The number of hydrogen-bond donors (Lipinski definition) is 1. The Morgan fingerprint density at radius 1 is 1.50 bits per heavy atom. The van der Waals surface area contributed by atoms with Crippen LogP contribution in [0.4, 0.5) is 5.82 Å². The zero-order chi connectivity index (χ0) is 12.5. The van der Waals surface area contributed by atoms with Crippen molar-refractivity contribution in [1.29, 1.82) is 0 Å². The fourth-order valence-electron chi connectivity index (χ4n) is 1.75. The number of ether oxygens (including phenoxy) is 1. The van der Waals surface area contributed by atoms with E-state index in [1.807, 2.05) is 32.3 Å². The van der Waals surface area contributed by atoms with Crippen molar-refractivity contribution in [2.75, 3.05) is 12.3 Å². The van der Waals surface area contributed by atoms with Crippen LogP contribution >= 0.6 is 0 Å². The zero-order valence-electron chi connectivity index (χ0n) is 10.5. The molecule has 1 heterocycles. The lowest BCUT2D eigenvalue weighted by atomic mass is 10.1. The molecule has 0 amide bonds. The first kappa shape index (κ1) is 12.5. The number of rotatable bonds is 2. The standard InChI is InChI=1S/C11H19N3O2/c1-6-16-10(15)8-9(12)14(7(2)13-8)11(3,4)5/h6,12H2,1-5H3. The molecule has 0 atom stereocenters. The number of carbonyl (C=O) groups is 1. The minimum Gasteiger partial charge on any atom is -0.461 e. The molecule has 1 rings (SSSR count). The minimum absolute atomic E-state index is 0.202. The van der Waals surface area contributed by atoms with Gasteiger partial charge >= 0.3 is 5.97 Å². The van der Waals surface area contributed by atoms with Crippen molar-refractivity contribution in [3.8, 4) is 0 Å². The van der Waals surface area contributed by atoms with Gasteiger partial charge in [0.2, 0.25) is 0 Å². The number of nitrogen functional groups attached to an aromatic ring is 1. The Kier molecular flexibility index (Phi) is 3.26. The number of imidazole rings is 1. The minimum atomic E-state index is -0.467. The second kappa shape index (κ2) is 4.15. The highest BCUT2D eigenvalue weighted by Gasteiger charge is 2.25. The number of aryl methyl sites for hydroxylation is 1. The molecule has 0 spiro atoms. The van der Waals surface area contributed by atoms with Gasteiger partial charge in [0.15, 0.2) is 5.69 Å². The molecule has 0 aliphatic rings. The van der Waals surface area contributed by atoms with Gasteiger partial charge in [-0.2, -0.15) is 0 Å². The van der Waals surface area contributed by atoms with Crippen molar-refractivity contribution < 1.29 is 9.53 Å². The molecule has 5 nitrogen and oxygen atoms in total. The lowest BCUT2D eigenvalue weighted by Gasteiger charge is -2.23. The lowest BCUT2D eigenvalue weighted by Crippen LogP contribution is -2.25. The van der Waals surface area contributed by atoms with Crippen LogP contribution in [0.5, 0.6) is 0 Å². The molecule has 0 saturated heterocycles. The number of nitrogens with two attached hydrogens (primary N) is 1. The predicted molar refractivity (Wildman–Crippen MR) is 62.3 cm³/mol. The molecular weight excluding hydrogens is 206 g/mol. The van der Waals surface area contributed by atoms with E-state index in [1.165, 1.54) is 0 Å². The first-order chi connectivity index (χ1) is 7.29. The Hall–Kier alpha value is -1.52. The summed E-state index contributed by atoms with van der Waals surface area (Å²) >= 11 is 0. The van der Waals surface area contributed by atoms with Crippen molar-refractivity contribution in [2.24, 2.45) is 0 Å². The van der Waals surface area contributed by atoms with Crippen molar-refractivity contribution in [2.45, 2.75) is 40.2 Å². The maximum atomic E-state index is 11.6. The number of hydrogen-bond acceptors (Lipinski definition) is 4. The molecule has 16 heavy (non-hydrogen) atoms. The highest BCUT2D eigenvalue weighted by Crippen LogP contribution is 2.24. The fourth-order valence-corrected chi connectivity index (χ4v) is 1.75. The average molecular weight is 225 g/mol. The maximum absolute atomic E-state index is 11.6. The smallest absolute Gasteiger partial charge is 0.360 e. The molecule has 2 N–H and O–H groups in total. The molecule has 0 radical (unpaired) electrons. The summed E-state index contributed by atoms with van der Waals surface area (Å²) in [6.07, 6.45) is 0. The predicted octanol–water partition coefficient (Wildman–Crippen LogP) is 1.71. The molecule has 1 aromatic rings. The van der Waals surface area contributed by atoms with E-state index in [0.717, 1.165) is 0 Å². The largest absolute Gasteiger partial charge is 0.461 e. The molecule has 0 aromatic carbocycles. The van der Waals surface area contributed by atoms with E-state index in [9.17, 15) is 4.79 Å². The summed E-state index contributed by atoms with van der Waals surface area (Å²) in [7, 11) is 0. The van der Waals surface area contributed by atoms with Crippen molar-refractivity contribution in [3.05, 3.63) is 11.5 Å². The van der Waals surface area contributed by atoms with E-state index in [0.29, 0.717) is 18.2 Å². The number of aromatic nitrogens is 2. The van der Waals surface area contributed by atoms with Gasteiger partial charge in [0.25, 0.3) is 0 Å². The summed E-state index contributed by atoms with van der Waals surface area (Å²) in [6.45, 7) is 9.92. The van der Waals surface area contributed by atoms with E-state index in [4.69, 9.17) is 10.5 Å². The molecule has 90 valence electrons. The number of esters is 1. The second-order valence-electron chi connectivity index (χ2n) is 4.62. The Bertz CT molecular complexity index is 402. The van der Waals surface area contributed by atoms with Gasteiger partial charge in [0.1, 0.15) is 11.6 Å². The first-order valence-corrected chi connectivity index (χ1v) is 5.31. The maximum Gasteiger partial charge on any atom is 0.360 e. The number of nitrogens with zero attached hydrogens (tertiary/aromatic N) is 2. The topological polar surface area (TPSA) is 70.1 Å². The first-order valence-electron chi connectivity index (χ1n) is 5.31. The third-order valence-corrected chi connectivity index (χ3v) is 2.22. The van der Waals surface area contributed by atoms with Crippen molar-refractivity contribution in [3.63, 3.8) is 0 Å². The molecule has 5 heteroatoms. The van der Waals surface area contributed by atoms with Crippen LogP contribution in [-0.2, 0) is 10.3 Å². The quantitative estimate of drug-likeness (QED) is 0.778. The van der Waals surface area contributed by atoms with Gasteiger partial charge in [-0.3, -0.25) is 0 Å². The summed E-state index contributed by atoms with van der Waals surface area (Å²) < 4.78 is 6.73. The highest BCUT2D eigenvalue weighted by atomic mass is 16.5. The molecule has 0 unspecified atom stereocenters. The summed E-state index contributed by atoms with van der Waals surface area (Å²) in [5.74, 6) is 0.614. The molecule has 0 bridgehead atoms. The SMILES string of the molecule is CCOC(=O)c1nc(C)n(C(C)(C)C)c1N. The van der Waals surface area contributed by atoms with Gasteiger partial charge in [0.05, 0.1) is 6.61 Å². The normalized spacial score (nSPS) is 11.6. The van der Waals surface area contributed by atoms with Gasteiger partial charge in [-0.1, -0.05) is 0 Å². The fraction of sp³-hybridized carbons (Fsp3) is 0.636. The van der Waals surface area contributed by atoms with Crippen LogP contribution in [0.25, 0.3) is 0 Å². The van der Waals surface area contributed by atoms with Crippen LogP contribution in [0.3, 0.4) is 0 Å². The van der Waals surface area contributed by atoms with E-state index in [1.54, 1.807) is 6.92 Å². The molecule has 0 saturated carbocycles. The number of anilines is 1. The van der Waals surface area contributed by atoms with Gasteiger partial charge in [-0.25, -0.2) is 9.78 Å². The molecular formula is C11H19N3O2. The molecule has 0 aliphatic heterocycles. The van der Waals surface area contributed by atoms with Crippen LogP contribution in [-0.4, -0.2) is 22.1 Å². The van der Waals surface area contributed by atoms with Crippen LogP contribution in [0.15, 0.2) is 0 Å². The summed E-state index contributed by atoms with van der Waals surface area (Å²) in [5.41, 5.74) is 5.92. The third kappa shape index (κ3) is 2.18. The Balaban J connectivity index is 3.22. The van der Waals surface area contributed by atoms with E-state index < -0.39 is 5.97 Å². The van der Waals surface area contributed by atoms with Crippen molar-refractivity contribution in [1.82, 2.24) is 9.55 Å². The molecule has 0 fully saturated rings. The Morgan fingerprint density at radius 2 is 2.06 bits per heavy atom. The van der Waals surface area contributed by atoms with Crippen LogP contribution in [0.2, 0.25) is 0 Å². The highest BCUT2D eigenvalue weighted by molar-refractivity contribution is 5.92. The van der Waals surface area contributed by atoms with E-state index in [2.05, 4.69) is 4.98 Å². The summed E-state index contributed by atoms with van der Waals surface area (Å²) in [4.78, 5) is 15.7. The summed E-state index contributed by atoms with van der Waals surface area (Å²) in [6, 6.07) is 0. The van der Waals surface area contributed by atoms with Gasteiger partial charge < -0.3 is 15.0 Å². The number of carbonyl (C=O) groups excluding carboxylic acids is 1. The van der Waals surface area contributed by atoms with Crippen molar-refractivity contribution >= 4 is 11.8 Å². The van der Waals surface area contributed by atoms with Crippen LogP contribution in [0.1, 0.15) is 44.0 Å². The third-order valence-electron chi connectivity index (χ3n) is 2.22. The molecule has 0 aliphatic carbocycles. The van der Waals surface area contributed by atoms with Gasteiger partial charge in [-0.15, -0.1) is 0 Å². The van der Waals surface area contributed by atoms with Gasteiger partial charge in [0, 0.05) is 5.54 Å². The second-order valence-corrected chi connectivity index (χ2v) is 4.62. The Labute approximate surface area is 95.6 Å². The Morgan fingerprint density at radius 3 is 2.44 bits per heavy atom. The van der Waals surface area contributed by atoms with E-state index >= 15 is 0 Å². The van der Waals surface area contributed by atoms with E-state index in [-0.39, 0.29) is 11.2 Å². The van der Waals surface area contributed by atoms with Crippen LogP contribution < -0.4 is 5.73 Å². The molecule has 1 aromatic heterocycles. The lowest BCUT2D eigenvalue weighted by molar-refractivity contribution is 0.0521. The average Bonchev–Trinajstić information content (AvgIpc) is 2.41. The zero-order valence-corrected chi connectivity index (χ0v) is 10.5. The van der Waals surface area contributed by atoms with Gasteiger partial charge in [-0.05, 0) is 34.6 Å². The van der Waals surface area contributed by atoms with Crippen LogP contribution in [0, 0.1) is 6.92 Å². The summed E-state index contributed by atoms with van der Waals surface area (Å²) in [5, 5.41) is 0. The monoisotopic (exact) mass is 225 g/mol.